The predicted octanol–water partition coefficient (Wildman–Crippen LogP) is -0.468. The Morgan fingerprint density at radius 1 is 1.00 bits per heavy atom. The van der Waals surface area contributed by atoms with E-state index in [1.54, 1.807) is 5.56 Å². The Hall–Kier alpha value is -0.617. The minimum atomic E-state index is 0. The van der Waals surface area contributed by atoms with Gasteiger partial charge in [0.25, 0.3) is 0 Å². The topological polar surface area (TPSA) is 0 Å². The maximum Gasteiger partial charge on any atom is 3.00 e. The monoisotopic (exact) mass is 445 g/mol. The quantitative estimate of drug-likeness (QED) is 0.477. The summed E-state index contributed by atoms with van der Waals surface area (Å²) in [5.74, 6) is 0. The Labute approximate surface area is 182 Å². The number of fused-ring (bicyclic) bond motifs is 3. The molecule has 0 bridgehead atoms. The molecule has 0 nitrogen and oxygen atoms in total. The summed E-state index contributed by atoms with van der Waals surface area (Å²) in [6.45, 7) is 4.57. The van der Waals surface area contributed by atoms with Crippen LogP contribution in [0.15, 0.2) is 42.5 Å². The van der Waals surface area contributed by atoms with Crippen LogP contribution >= 0.6 is 0 Å². The summed E-state index contributed by atoms with van der Waals surface area (Å²) in [7, 11) is 0. The van der Waals surface area contributed by atoms with Crippen molar-refractivity contribution in [2.45, 2.75) is 39.5 Å². The molecule has 25 heavy (non-hydrogen) atoms. The van der Waals surface area contributed by atoms with Crippen LogP contribution in [0.3, 0.4) is 0 Å². The summed E-state index contributed by atoms with van der Waals surface area (Å²) in [6.07, 6.45) is 11.0. The van der Waals surface area contributed by atoms with Crippen molar-refractivity contribution < 1.29 is 51.0 Å². The van der Waals surface area contributed by atoms with Crippen molar-refractivity contribution >= 4 is 5.57 Å². The summed E-state index contributed by atoms with van der Waals surface area (Å²) in [4.78, 5) is 0. The largest absolute Gasteiger partial charge is 3.00 e. The van der Waals surface area contributed by atoms with E-state index in [0.29, 0.717) is 0 Å². The molecule has 0 saturated carbocycles. The van der Waals surface area contributed by atoms with Crippen LogP contribution in [-0.2, 0) is 45.5 Å². The molecule has 3 heteroatoms. The Morgan fingerprint density at radius 2 is 1.72 bits per heavy atom. The van der Waals surface area contributed by atoms with Crippen molar-refractivity contribution in [1.29, 1.82) is 0 Å². The zero-order valence-corrected chi connectivity index (χ0v) is 18.6. The summed E-state index contributed by atoms with van der Waals surface area (Å²) in [5, 5.41) is 0. The van der Waals surface area contributed by atoms with Crippen molar-refractivity contribution in [3.63, 3.8) is 0 Å². The molecule has 0 atom stereocenters. The molecule has 2 aromatic carbocycles. The van der Waals surface area contributed by atoms with Gasteiger partial charge in [-0.1, -0.05) is 67.8 Å². The van der Waals surface area contributed by atoms with Crippen molar-refractivity contribution in [1.82, 2.24) is 0 Å². The average Bonchev–Trinajstić information content (AvgIpc) is 3.20. The third kappa shape index (κ3) is 3.75. The van der Waals surface area contributed by atoms with E-state index in [2.05, 4.69) is 62.4 Å². The molecule has 1 radical (unpaired) electrons. The number of hydrogen-bond acceptors (Lipinski definition) is 0. The van der Waals surface area contributed by atoms with Gasteiger partial charge in [0.2, 0.25) is 0 Å². The van der Waals surface area contributed by atoms with Crippen LogP contribution in [0.4, 0.5) is 0 Å². The maximum atomic E-state index is 3.80. The van der Waals surface area contributed by atoms with E-state index in [9.17, 15) is 0 Å². The fourth-order valence-corrected chi connectivity index (χ4v) is 4.03. The fourth-order valence-electron chi connectivity index (χ4n) is 4.03. The minimum absolute atomic E-state index is 0. The molecule has 0 fully saturated rings. The second-order valence-corrected chi connectivity index (χ2v) is 6.18. The van der Waals surface area contributed by atoms with Gasteiger partial charge < -0.3 is 24.8 Å². The van der Waals surface area contributed by atoms with E-state index in [1.807, 2.05) is 0 Å². The van der Waals surface area contributed by atoms with Crippen LogP contribution in [0.1, 0.15) is 48.1 Å². The molecule has 127 valence electrons. The molecule has 2 aliphatic rings. The summed E-state index contributed by atoms with van der Waals surface area (Å²) >= 11 is 0. The zero-order chi connectivity index (χ0) is 15.1. The second-order valence-electron chi connectivity index (χ2n) is 6.18. The van der Waals surface area contributed by atoms with Crippen LogP contribution in [0.2, 0.25) is 0 Å². The molecule has 0 aromatic heterocycles. The molecule has 0 unspecified atom stereocenters. The molecule has 0 amide bonds. The number of rotatable bonds is 3. The summed E-state index contributed by atoms with van der Waals surface area (Å²) < 4.78 is 0. The molecule has 0 spiro atoms. The first-order valence-corrected chi connectivity index (χ1v) is 8.37. The van der Waals surface area contributed by atoms with Crippen molar-refractivity contribution in [2.75, 3.05) is 0 Å². The third-order valence-corrected chi connectivity index (χ3v) is 5.00. The van der Waals surface area contributed by atoms with E-state index in [4.69, 9.17) is 0 Å². The number of hydrogen-bond donors (Lipinski definition) is 0. The van der Waals surface area contributed by atoms with E-state index in [1.165, 1.54) is 39.0 Å². The molecule has 0 aliphatic heterocycles. The molecule has 0 N–H and O–H groups in total. The third-order valence-electron chi connectivity index (χ3n) is 5.00. The van der Waals surface area contributed by atoms with Crippen LogP contribution < -0.4 is 24.8 Å². The van der Waals surface area contributed by atoms with Gasteiger partial charge >= 0.3 is 26.2 Å². The Balaban J connectivity index is 0.00000104. The molecular weight excluding hydrogens is 426 g/mol. The number of allylic oxidation sites excluding steroid dienone is 4. The van der Waals surface area contributed by atoms with Gasteiger partial charge in [0, 0.05) is 0 Å². The standard InChI is InChI=1S/C22H21.2ClH.Zr/c1-3-18-19(4-2)22-17(13-16-11-7-8-12-20(16)22)14-21(18)15-9-5-6-10-15;;;/h5-9,11-12H,3-4,10,13H2,1-2H3;2*1H;/q-1;;;+3/p-2. The first-order chi connectivity index (χ1) is 10.8. The van der Waals surface area contributed by atoms with Crippen molar-refractivity contribution in [3.05, 3.63) is 76.4 Å². The van der Waals surface area contributed by atoms with Gasteiger partial charge in [0.15, 0.2) is 0 Å². The Kier molecular flexibility index (Phi) is 8.39. The second kappa shape index (κ2) is 9.36. The minimum Gasteiger partial charge on any atom is -1.00 e. The van der Waals surface area contributed by atoms with Crippen LogP contribution in [-0.4, -0.2) is 0 Å². The van der Waals surface area contributed by atoms with Gasteiger partial charge in [-0.05, 0) is 24.8 Å². The molecule has 4 rings (SSSR count). The first-order valence-electron chi connectivity index (χ1n) is 8.37. The fraction of sp³-hybridized carbons (Fsp3) is 0.273. The molecule has 0 heterocycles. The first kappa shape index (κ1) is 22.4. The zero-order valence-electron chi connectivity index (χ0n) is 14.6. The molecule has 2 aromatic rings. The summed E-state index contributed by atoms with van der Waals surface area (Å²) in [5.41, 5.74) is 11.6. The Morgan fingerprint density at radius 3 is 2.36 bits per heavy atom. The average molecular weight is 448 g/mol. The van der Waals surface area contributed by atoms with Crippen LogP contribution in [0.5, 0.6) is 0 Å². The summed E-state index contributed by atoms with van der Waals surface area (Å²) in [6, 6.07) is 12.7. The van der Waals surface area contributed by atoms with E-state index < -0.39 is 0 Å². The van der Waals surface area contributed by atoms with Gasteiger partial charge in [-0.25, -0.2) is 0 Å². The number of halogens is 2. The van der Waals surface area contributed by atoms with E-state index in [0.717, 1.165) is 25.7 Å². The smallest absolute Gasteiger partial charge is 1.00 e. The van der Waals surface area contributed by atoms with Gasteiger partial charge in [-0.2, -0.15) is 0 Å². The maximum absolute atomic E-state index is 3.80. The van der Waals surface area contributed by atoms with Crippen molar-refractivity contribution in [2.24, 2.45) is 0 Å². The van der Waals surface area contributed by atoms with Crippen molar-refractivity contribution in [3.8, 4) is 11.1 Å². The van der Waals surface area contributed by atoms with E-state index >= 15 is 0 Å². The predicted molar refractivity (Wildman–Crippen MR) is 94.0 cm³/mol. The van der Waals surface area contributed by atoms with E-state index in [-0.39, 0.29) is 51.0 Å². The Bertz CT molecular complexity index is 819. The molecular formula is C22H21Cl2Zr. The SMILES string of the molecule is CCc1c(C2=CC=CC2)[c-]c2c(c1CC)-c1ccccc1C2.[Cl-].[Cl-].[Zr+3]. The molecule has 2 aliphatic carbocycles. The van der Waals surface area contributed by atoms with Gasteiger partial charge in [-0.3, -0.25) is 0 Å². The van der Waals surface area contributed by atoms with Gasteiger partial charge in [-0.15, -0.1) is 40.0 Å². The van der Waals surface area contributed by atoms with Crippen LogP contribution in [0.25, 0.3) is 16.7 Å². The van der Waals surface area contributed by atoms with Gasteiger partial charge in [0.05, 0.1) is 0 Å². The van der Waals surface area contributed by atoms with Crippen LogP contribution in [0, 0.1) is 6.07 Å². The van der Waals surface area contributed by atoms with Gasteiger partial charge in [0.1, 0.15) is 0 Å². The molecule has 0 saturated heterocycles. The normalized spacial score (nSPS) is 13.1. The number of benzene rings is 2.